The van der Waals surface area contributed by atoms with Crippen molar-refractivity contribution in [3.8, 4) is 0 Å². The Labute approximate surface area is 168 Å². The molecule has 24 heavy (non-hydrogen) atoms. The molecule has 0 saturated carbocycles. The molecule has 9 heteroatoms. The molecule has 2 atom stereocenters. The van der Waals surface area contributed by atoms with Crippen molar-refractivity contribution in [2.45, 2.75) is 31.9 Å². The number of hydrogen-bond donors (Lipinski definition) is 3. The average Bonchev–Trinajstić information content (AvgIpc) is 3.19. The van der Waals surface area contributed by atoms with Gasteiger partial charge >= 0.3 is 0 Å². The van der Waals surface area contributed by atoms with E-state index >= 15 is 0 Å². The zero-order valence-electron chi connectivity index (χ0n) is 13.8. The summed E-state index contributed by atoms with van der Waals surface area (Å²) in [5.74, 6) is 0.810. The number of halogens is 2. The highest BCUT2D eigenvalue weighted by atomic mass is 127. The molecule has 1 aliphatic rings. The molecule has 1 aromatic heterocycles. The molecular formula is C15H24ClIN4O2S. The van der Waals surface area contributed by atoms with Crippen LogP contribution < -0.4 is 10.6 Å². The van der Waals surface area contributed by atoms with Gasteiger partial charge in [0.05, 0.1) is 4.34 Å². The van der Waals surface area contributed by atoms with E-state index in [-0.39, 0.29) is 35.9 Å². The number of thiophene rings is 1. The zero-order valence-corrected chi connectivity index (χ0v) is 17.7. The van der Waals surface area contributed by atoms with Gasteiger partial charge in [-0.3, -0.25) is 9.79 Å². The Morgan fingerprint density at radius 3 is 2.92 bits per heavy atom. The van der Waals surface area contributed by atoms with Crippen molar-refractivity contribution >= 4 is 58.8 Å². The van der Waals surface area contributed by atoms with E-state index in [9.17, 15) is 9.90 Å². The second-order valence-electron chi connectivity index (χ2n) is 5.43. The predicted molar refractivity (Wildman–Crippen MR) is 109 cm³/mol. The first-order chi connectivity index (χ1) is 11.0. The van der Waals surface area contributed by atoms with Crippen LogP contribution in [0.25, 0.3) is 0 Å². The standard InChI is InChI=1S/C15H23ClN4O2S.HI/c1-3-14(22)20-7-6-10(9-20)19-15(17-2)18-8-11(21)12-4-5-13(16)23-12;/h4-5,10-11,21H,3,6-9H2,1-2H3,(H2,17,18,19);1H. The van der Waals surface area contributed by atoms with Crippen LogP contribution in [-0.4, -0.2) is 54.6 Å². The molecule has 1 fully saturated rings. The smallest absolute Gasteiger partial charge is 0.222 e. The number of guanidine groups is 1. The minimum Gasteiger partial charge on any atom is -0.386 e. The van der Waals surface area contributed by atoms with E-state index < -0.39 is 6.10 Å². The van der Waals surface area contributed by atoms with Gasteiger partial charge in [0.2, 0.25) is 5.91 Å². The maximum Gasteiger partial charge on any atom is 0.222 e. The summed E-state index contributed by atoms with van der Waals surface area (Å²) in [5, 5.41) is 16.5. The molecule has 6 nitrogen and oxygen atoms in total. The molecule has 1 saturated heterocycles. The second-order valence-corrected chi connectivity index (χ2v) is 7.18. The van der Waals surface area contributed by atoms with Crippen LogP contribution in [0, 0.1) is 0 Å². The van der Waals surface area contributed by atoms with Crippen LogP contribution in [0.1, 0.15) is 30.7 Å². The van der Waals surface area contributed by atoms with Gasteiger partial charge in [-0.2, -0.15) is 0 Å². The number of carbonyl (C=O) groups excluding carboxylic acids is 1. The molecule has 0 aromatic carbocycles. The lowest BCUT2D eigenvalue weighted by Gasteiger charge is -2.19. The molecule has 1 aliphatic heterocycles. The first-order valence-corrected chi connectivity index (χ1v) is 8.91. The van der Waals surface area contributed by atoms with Gasteiger partial charge in [-0.25, -0.2) is 0 Å². The van der Waals surface area contributed by atoms with Gasteiger partial charge in [-0.1, -0.05) is 18.5 Å². The second kappa shape index (κ2) is 10.4. The Bertz CT molecular complexity index is 569. The van der Waals surface area contributed by atoms with Gasteiger partial charge < -0.3 is 20.6 Å². The largest absolute Gasteiger partial charge is 0.386 e. The number of nitrogens with zero attached hydrogens (tertiary/aromatic N) is 2. The van der Waals surface area contributed by atoms with Crippen molar-refractivity contribution in [2.75, 3.05) is 26.7 Å². The minimum atomic E-state index is -0.632. The molecule has 0 aliphatic carbocycles. The third kappa shape index (κ3) is 6.05. The Kier molecular flexibility index (Phi) is 9.32. The first-order valence-electron chi connectivity index (χ1n) is 7.71. The van der Waals surface area contributed by atoms with E-state index in [1.165, 1.54) is 11.3 Å². The van der Waals surface area contributed by atoms with Gasteiger partial charge in [0.25, 0.3) is 0 Å². The number of likely N-dealkylation sites (tertiary alicyclic amines) is 1. The Morgan fingerprint density at radius 2 is 2.33 bits per heavy atom. The van der Waals surface area contributed by atoms with E-state index in [2.05, 4.69) is 15.6 Å². The predicted octanol–water partition coefficient (Wildman–Crippen LogP) is 2.23. The van der Waals surface area contributed by atoms with Gasteiger partial charge in [0.15, 0.2) is 5.96 Å². The summed E-state index contributed by atoms with van der Waals surface area (Å²) in [6.45, 7) is 3.69. The van der Waals surface area contributed by atoms with Crippen molar-refractivity contribution in [3.63, 3.8) is 0 Å². The van der Waals surface area contributed by atoms with E-state index in [0.717, 1.165) is 17.8 Å². The van der Waals surface area contributed by atoms with Crippen molar-refractivity contribution in [1.29, 1.82) is 0 Å². The lowest BCUT2D eigenvalue weighted by molar-refractivity contribution is -0.129. The third-order valence-electron chi connectivity index (χ3n) is 3.79. The van der Waals surface area contributed by atoms with Crippen LogP contribution in [0.5, 0.6) is 0 Å². The van der Waals surface area contributed by atoms with Gasteiger partial charge in [0, 0.05) is 44.0 Å². The highest BCUT2D eigenvalue weighted by Gasteiger charge is 2.25. The van der Waals surface area contributed by atoms with E-state index in [1.54, 1.807) is 13.1 Å². The van der Waals surface area contributed by atoms with Crippen LogP contribution in [-0.2, 0) is 4.79 Å². The van der Waals surface area contributed by atoms with Crippen molar-refractivity contribution in [3.05, 3.63) is 21.3 Å². The maximum absolute atomic E-state index is 11.7. The van der Waals surface area contributed by atoms with Crippen molar-refractivity contribution in [2.24, 2.45) is 4.99 Å². The van der Waals surface area contributed by atoms with Gasteiger partial charge in [-0.05, 0) is 18.6 Å². The van der Waals surface area contributed by atoms with Crippen LogP contribution in [0.15, 0.2) is 17.1 Å². The summed E-state index contributed by atoms with van der Waals surface area (Å²) in [6, 6.07) is 3.78. The van der Waals surface area contributed by atoms with Crippen molar-refractivity contribution < 1.29 is 9.90 Å². The van der Waals surface area contributed by atoms with Gasteiger partial charge in [-0.15, -0.1) is 35.3 Å². The van der Waals surface area contributed by atoms with Crippen LogP contribution in [0.4, 0.5) is 0 Å². The fourth-order valence-corrected chi connectivity index (χ4v) is 3.56. The molecule has 2 unspecified atom stereocenters. The molecule has 0 spiro atoms. The lowest BCUT2D eigenvalue weighted by Crippen LogP contribution is -2.46. The summed E-state index contributed by atoms with van der Waals surface area (Å²) in [7, 11) is 1.69. The molecule has 2 heterocycles. The van der Waals surface area contributed by atoms with Crippen LogP contribution in [0.3, 0.4) is 0 Å². The SMILES string of the molecule is CCC(=O)N1CCC(NC(=NC)NCC(O)c2ccc(Cl)s2)C1.I. The molecule has 1 amide bonds. The quantitative estimate of drug-likeness (QED) is 0.339. The molecular weight excluding hydrogens is 463 g/mol. The molecule has 0 bridgehead atoms. The molecule has 1 aromatic rings. The third-order valence-corrected chi connectivity index (χ3v) is 5.13. The minimum absolute atomic E-state index is 0. The van der Waals surface area contributed by atoms with E-state index in [1.807, 2.05) is 17.9 Å². The highest BCUT2D eigenvalue weighted by molar-refractivity contribution is 14.0. The normalized spacial score (nSPS) is 18.9. The molecule has 136 valence electrons. The van der Waals surface area contributed by atoms with E-state index in [0.29, 0.717) is 29.8 Å². The van der Waals surface area contributed by atoms with Crippen LogP contribution >= 0.6 is 46.9 Å². The number of nitrogens with one attached hydrogen (secondary N) is 2. The molecule has 0 radical (unpaired) electrons. The number of aliphatic hydroxyl groups is 1. The summed E-state index contributed by atoms with van der Waals surface area (Å²) in [5.41, 5.74) is 0. The number of carbonyl (C=O) groups is 1. The first kappa shape index (κ1) is 21.5. The number of rotatable bonds is 5. The zero-order chi connectivity index (χ0) is 16.8. The van der Waals surface area contributed by atoms with E-state index in [4.69, 9.17) is 11.6 Å². The monoisotopic (exact) mass is 486 g/mol. The molecule has 3 N–H and O–H groups in total. The number of aliphatic hydroxyl groups excluding tert-OH is 1. The fraction of sp³-hybridized carbons (Fsp3) is 0.600. The summed E-state index contributed by atoms with van der Waals surface area (Å²) in [4.78, 5) is 18.6. The Hall–Kier alpha value is -0.580. The van der Waals surface area contributed by atoms with Gasteiger partial charge in [0.1, 0.15) is 6.10 Å². The number of aliphatic imine (C=N–C) groups is 1. The summed E-state index contributed by atoms with van der Waals surface area (Å²) >= 11 is 7.24. The fourth-order valence-electron chi connectivity index (χ4n) is 2.52. The topological polar surface area (TPSA) is 77.0 Å². The summed E-state index contributed by atoms with van der Waals surface area (Å²) in [6.07, 6.45) is 0.804. The Balaban J connectivity index is 0.00000288. The summed E-state index contributed by atoms with van der Waals surface area (Å²) < 4.78 is 0.660. The van der Waals surface area contributed by atoms with Crippen molar-refractivity contribution in [1.82, 2.24) is 15.5 Å². The number of amides is 1. The Morgan fingerprint density at radius 1 is 1.58 bits per heavy atom. The van der Waals surface area contributed by atoms with Crippen LogP contribution in [0.2, 0.25) is 4.34 Å². The number of hydrogen-bond acceptors (Lipinski definition) is 4. The highest BCUT2D eigenvalue weighted by Crippen LogP contribution is 2.26. The lowest BCUT2D eigenvalue weighted by atomic mass is 10.2. The average molecular weight is 487 g/mol. The maximum atomic E-state index is 11.7. The molecule has 2 rings (SSSR count).